The molecular formula is C18H11Br2ClN2O5S2. The Bertz CT molecular complexity index is 1210. The van der Waals surface area contributed by atoms with Gasteiger partial charge in [0, 0.05) is 22.0 Å². The van der Waals surface area contributed by atoms with E-state index in [1.807, 2.05) is 0 Å². The Balaban J connectivity index is 1.99. The number of thioether (sulfide) groups is 1. The third-order valence-electron chi connectivity index (χ3n) is 3.52. The first-order chi connectivity index (χ1) is 14.0. The summed E-state index contributed by atoms with van der Waals surface area (Å²) < 4.78 is 31.8. The number of nitrogens with zero attached hydrogens (tertiary/aromatic N) is 1. The van der Waals surface area contributed by atoms with Crippen molar-refractivity contribution < 1.29 is 22.2 Å². The lowest BCUT2D eigenvalue weighted by molar-refractivity contribution is -0.117. The average Bonchev–Trinajstić information content (AvgIpc) is 2.96. The van der Waals surface area contributed by atoms with Crippen LogP contribution in [0.5, 0.6) is 5.75 Å². The van der Waals surface area contributed by atoms with E-state index in [-0.39, 0.29) is 26.6 Å². The highest BCUT2D eigenvalue weighted by Crippen LogP contribution is 2.38. The number of rotatable bonds is 4. The van der Waals surface area contributed by atoms with Crippen LogP contribution in [0.4, 0.5) is 0 Å². The van der Waals surface area contributed by atoms with Crippen LogP contribution in [0, 0.1) is 0 Å². The van der Waals surface area contributed by atoms with E-state index in [0.29, 0.717) is 19.5 Å². The van der Waals surface area contributed by atoms with Gasteiger partial charge < -0.3 is 9.50 Å². The maximum atomic E-state index is 12.7. The summed E-state index contributed by atoms with van der Waals surface area (Å²) in [6.07, 6.45) is 1.44. The predicted octanol–water partition coefficient (Wildman–Crippen LogP) is 4.74. The van der Waals surface area contributed by atoms with E-state index in [2.05, 4.69) is 42.2 Å². The zero-order chi connectivity index (χ0) is 22.1. The van der Waals surface area contributed by atoms with E-state index in [9.17, 15) is 18.0 Å². The molecule has 3 rings (SSSR count). The van der Waals surface area contributed by atoms with E-state index in [1.54, 1.807) is 12.1 Å². The first-order valence-corrected chi connectivity index (χ1v) is 12.2. The highest BCUT2D eigenvalue weighted by molar-refractivity contribution is 9.11. The average molecular weight is 595 g/mol. The SMILES string of the molecule is CC(=O)NC1=NC(=O)/C(=C\c2cc(Br)cc(Br)c2OS(=O)(=O)c2ccc(Cl)cc2)S1. The molecule has 1 aliphatic rings. The Kier molecular flexibility index (Phi) is 7.08. The molecule has 0 spiro atoms. The van der Waals surface area contributed by atoms with Crippen molar-refractivity contribution in [3.05, 3.63) is 60.8 Å². The second-order valence-corrected chi connectivity index (χ2v) is 10.6. The molecule has 1 N–H and O–H groups in total. The lowest BCUT2D eigenvalue weighted by Gasteiger charge is -2.12. The Morgan fingerprint density at radius 2 is 1.90 bits per heavy atom. The van der Waals surface area contributed by atoms with E-state index in [1.165, 1.54) is 37.3 Å². The van der Waals surface area contributed by atoms with Crippen molar-refractivity contribution in [2.75, 3.05) is 0 Å². The molecule has 30 heavy (non-hydrogen) atoms. The third-order valence-corrected chi connectivity index (χ3v) is 6.96. The van der Waals surface area contributed by atoms with Crippen LogP contribution in [0.1, 0.15) is 12.5 Å². The lowest BCUT2D eigenvalue weighted by atomic mass is 10.2. The number of carbonyl (C=O) groups excluding carboxylic acids is 2. The fourth-order valence-electron chi connectivity index (χ4n) is 2.29. The van der Waals surface area contributed by atoms with E-state index in [4.69, 9.17) is 15.8 Å². The van der Waals surface area contributed by atoms with Crippen molar-refractivity contribution in [2.45, 2.75) is 11.8 Å². The Labute approximate surface area is 198 Å². The number of hydrogen-bond donors (Lipinski definition) is 1. The van der Waals surface area contributed by atoms with Crippen LogP contribution in [0.3, 0.4) is 0 Å². The van der Waals surface area contributed by atoms with Gasteiger partial charge in [0.15, 0.2) is 10.9 Å². The molecular weight excluding hydrogens is 584 g/mol. The molecule has 2 aromatic carbocycles. The molecule has 1 aliphatic heterocycles. The van der Waals surface area contributed by atoms with Crippen LogP contribution < -0.4 is 9.50 Å². The van der Waals surface area contributed by atoms with Crippen molar-refractivity contribution in [2.24, 2.45) is 4.99 Å². The summed E-state index contributed by atoms with van der Waals surface area (Å²) in [6.45, 7) is 1.30. The highest BCUT2D eigenvalue weighted by Gasteiger charge is 2.25. The fraction of sp³-hybridized carbons (Fsp3) is 0.0556. The standard InChI is InChI=1S/C18H11Br2ClN2O5S2/c1-9(24)22-18-23-17(25)15(29-18)7-10-6-11(19)8-14(20)16(10)28-30(26,27)13-4-2-12(21)3-5-13/h2-8H,1H3,(H,22,23,24,25)/b15-7+. The van der Waals surface area contributed by atoms with E-state index >= 15 is 0 Å². The van der Waals surface area contributed by atoms with Gasteiger partial charge in [-0.05, 0) is 70.2 Å². The zero-order valence-electron chi connectivity index (χ0n) is 15.0. The van der Waals surface area contributed by atoms with Crippen LogP contribution >= 0.6 is 55.2 Å². The van der Waals surface area contributed by atoms with Gasteiger partial charge in [0.1, 0.15) is 4.90 Å². The normalized spacial score (nSPS) is 15.3. The molecule has 0 unspecified atom stereocenters. The van der Waals surface area contributed by atoms with Crippen molar-refractivity contribution in [3.8, 4) is 5.75 Å². The largest absolute Gasteiger partial charge is 0.377 e. The number of carbonyl (C=O) groups is 2. The predicted molar refractivity (Wildman–Crippen MR) is 123 cm³/mol. The summed E-state index contributed by atoms with van der Waals surface area (Å²) in [4.78, 5) is 27.2. The van der Waals surface area contributed by atoms with Gasteiger partial charge in [-0.3, -0.25) is 9.59 Å². The lowest BCUT2D eigenvalue weighted by Crippen LogP contribution is -2.23. The van der Waals surface area contributed by atoms with Crippen LogP contribution in [-0.4, -0.2) is 25.4 Å². The summed E-state index contributed by atoms with van der Waals surface area (Å²) in [7, 11) is -4.17. The molecule has 2 aromatic rings. The molecule has 0 aromatic heterocycles. The molecule has 0 bridgehead atoms. The molecule has 0 fully saturated rings. The number of halogens is 3. The number of amides is 2. The molecule has 0 aliphatic carbocycles. The number of benzene rings is 2. The van der Waals surface area contributed by atoms with Crippen LogP contribution in [-0.2, 0) is 19.7 Å². The third kappa shape index (κ3) is 5.52. The van der Waals surface area contributed by atoms with Gasteiger partial charge in [0.05, 0.1) is 9.38 Å². The van der Waals surface area contributed by atoms with Gasteiger partial charge in [-0.15, -0.1) is 0 Å². The minimum Gasteiger partial charge on any atom is -0.377 e. The highest BCUT2D eigenvalue weighted by atomic mass is 79.9. The van der Waals surface area contributed by atoms with Gasteiger partial charge in [-0.25, -0.2) is 0 Å². The van der Waals surface area contributed by atoms with Crippen molar-refractivity contribution >= 4 is 88.4 Å². The maximum Gasteiger partial charge on any atom is 0.339 e. The summed E-state index contributed by atoms with van der Waals surface area (Å²) in [6, 6.07) is 8.73. The maximum absolute atomic E-state index is 12.7. The molecule has 2 amide bonds. The summed E-state index contributed by atoms with van der Waals surface area (Å²) in [5, 5.41) is 2.97. The van der Waals surface area contributed by atoms with Gasteiger partial charge >= 0.3 is 10.1 Å². The van der Waals surface area contributed by atoms with E-state index < -0.39 is 16.0 Å². The first-order valence-electron chi connectivity index (χ1n) is 8.04. The van der Waals surface area contributed by atoms with Crippen molar-refractivity contribution in [1.29, 1.82) is 0 Å². The van der Waals surface area contributed by atoms with Crippen molar-refractivity contribution in [1.82, 2.24) is 5.32 Å². The van der Waals surface area contributed by atoms with Crippen LogP contribution in [0.15, 0.2) is 60.1 Å². The number of aliphatic imine (C=N–C) groups is 1. The number of hydrogen-bond acceptors (Lipinski definition) is 6. The van der Waals surface area contributed by atoms with Gasteiger partial charge in [-0.2, -0.15) is 13.4 Å². The van der Waals surface area contributed by atoms with Crippen molar-refractivity contribution in [3.63, 3.8) is 0 Å². The quantitative estimate of drug-likeness (QED) is 0.406. The van der Waals surface area contributed by atoms with Gasteiger partial charge in [0.2, 0.25) is 5.91 Å². The molecule has 156 valence electrons. The topological polar surface area (TPSA) is 102 Å². The number of nitrogens with one attached hydrogen (secondary N) is 1. The zero-order valence-corrected chi connectivity index (χ0v) is 20.5. The molecule has 12 heteroatoms. The minimum absolute atomic E-state index is 0.0120. The van der Waals surface area contributed by atoms with Crippen LogP contribution in [0.25, 0.3) is 6.08 Å². The molecule has 7 nitrogen and oxygen atoms in total. The van der Waals surface area contributed by atoms with E-state index in [0.717, 1.165) is 11.8 Å². The Hall–Kier alpha value is -1.66. The van der Waals surface area contributed by atoms with Crippen LogP contribution in [0.2, 0.25) is 5.02 Å². The fourth-order valence-corrected chi connectivity index (χ4v) is 5.68. The molecule has 0 saturated heterocycles. The Morgan fingerprint density at radius 1 is 1.23 bits per heavy atom. The summed E-state index contributed by atoms with van der Waals surface area (Å²) >= 11 is 13.4. The summed E-state index contributed by atoms with van der Waals surface area (Å²) in [5.41, 5.74) is 0.309. The molecule has 0 saturated carbocycles. The smallest absolute Gasteiger partial charge is 0.339 e. The second kappa shape index (κ2) is 9.23. The van der Waals surface area contributed by atoms with Gasteiger partial charge in [0.25, 0.3) is 5.91 Å². The monoisotopic (exact) mass is 592 g/mol. The van der Waals surface area contributed by atoms with Gasteiger partial charge in [-0.1, -0.05) is 27.5 Å². The number of amidine groups is 1. The Morgan fingerprint density at radius 3 is 2.53 bits per heavy atom. The molecule has 0 radical (unpaired) electrons. The minimum atomic E-state index is -4.17. The molecule has 1 heterocycles. The summed E-state index contributed by atoms with van der Waals surface area (Å²) in [5.74, 6) is -0.938. The molecule has 0 atom stereocenters. The first kappa shape index (κ1) is 23.0. The second-order valence-electron chi connectivity index (χ2n) is 5.81.